The first kappa shape index (κ1) is 11.6. The molecule has 3 N–H and O–H groups in total. The molecule has 0 saturated carbocycles. The lowest BCUT2D eigenvalue weighted by Gasteiger charge is -2.07. The lowest BCUT2D eigenvalue weighted by molar-refractivity contribution is 0.0692. The quantitative estimate of drug-likeness (QED) is 0.832. The van der Waals surface area contributed by atoms with Crippen molar-refractivity contribution in [2.24, 2.45) is 0 Å². The maximum atomic E-state index is 13.5. The van der Waals surface area contributed by atoms with Crippen molar-refractivity contribution in [1.29, 1.82) is 0 Å². The minimum Gasteiger partial charge on any atom is -0.478 e. The van der Waals surface area contributed by atoms with Crippen molar-refractivity contribution < 1.29 is 14.3 Å². The molecule has 0 aliphatic heterocycles. The third-order valence-corrected chi connectivity index (χ3v) is 2.55. The molecule has 17 heavy (non-hydrogen) atoms. The number of benzene rings is 1. The number of aromatic nitrogens is 2. The lowest BCUT2D eigenvalue weighted by Crippen LogP contribution is -2.06. The molecule has 1 aromatic carbocycles. The zero-order valence-electron chi connectivity index (χ0n) is 8.39. The molecule has 7 heteroatoms. The van der Waals surface area contributed by atoms with Crippen molar-refractivity contribution in [1.82, 2.24) is 9.78 Å². The number of nitrogen functional groups attached to an aromatic ring is 1. The molecule has 1 heterocycles. The zero-order chi connectivity index (χ0) is 12.6. The monoisotopic (exact) mass is 299 g/mol. The number of carboxylic acids is 1. The molecular weight excluding hydrogens is 293 g/mol. The van der Waals surface area contributed by atoms with Crippen LogP contribution in [0.3, 0.4) is 0 Å². The van der Waals surface area contributed by atoms with Gasteiger partial charge in [0, 0.05) is 12.3 Å². The summed E-state index contributed by atoms with van der Waals surface area (Å²) in [5.41, 5.74) is 5.63. The van der Waals surface area contributed by atoms with E-state index in [1.54, 1.807) is 6.20 Å². The average Bonchev–Trinajstić information content (AvgIpc) is 2.67. The number of halogens is 2. The van der Waals surface area contributed by atoms with Crippen LogP contribution in [0.1, 0.15) is 10.4 Å². The molecule has 0 spiro atoms. The van der Waals surface area contributed by atoms with Gasteiger partial charge in [0.2, 0.25) is 0 Å². The summed E-state index contributed by atoms with van der Waals surface area (Å²) in [6.07, 6.45) is 3.11. The van der Waals surface area contributed by atoms with Gasteiger partial charge < -0.3 is 10.8 Å². The molecule has 0 aliphatic rings. The van der Waals surface area contributed by atoms with E-state index < -0.39 is 17.3 Å². The highest BCUT2D eigenvalue weighted by Gasteiger charge is 2.15. The summed E-state index contributed by atoms with van der Waals surface area (Å²) in [6.45, 7) is 0. The predicted octanol–water partition coefficient (Wildman–Crippen LogP) is 2.05. The summed E-state index contributed by atoms with van der Waals surface area (Å²) in [5.74, 6) is -2.21. The fourth-order valence-electron chi connectivity index (χ4n) is 1.37. The van der Waals surface area contributed by atoms with E-state index in [2.05, 4.69) is 21.0 Å². The van der Waals surface area contributed by atoms with E-state index in [1.807, 2.05) is 0 Å². The molecule has 0 saturated heterocycles. The van der Waals surface area contributed by atoms with Crippen LogP contribution in [-0.2, 0) is 0 Å². The van der Waals surface area contributed by atoms with Gasteiger partial charge in [-0.05, 0) is 22.0 Å². The van der Waals surface area contributed by atoms with Crippen LogP contribution in [0.5, 0.6) is 0 Å². The smallest absolute Gasteiger partial charge is 0.338 e. The number of hydrogen-bond acceptors (Lipinski definition) is 3. The van der Waals surface area contributed by atoms with E-state index in [0.717, 1.165) is 12.1 Å². The number of nitrogens with two attached hydrogens (primary N) is 1. The van der Waals surface area contributed by atoms with E-state index in [-0.39, 0.29) is 5.69 Å². The average molecular weight is 300 g/mol. The van der Waals surface area contributed by atoms with Gasteiger partial charge in [-0.3, -0.25) is 0 Å². The van der Waals surface area contributed by atoms with Crippen molar-refractivity contribution in [3.8, 4) is 5.69 Å². The van der Waals surface area contributed by atoms with Crippen molar-refractivity contribution in [2.75, 3.05) is 5.73 Å². The fourth-order valence-corrected chi connectivity index (χ4v) is 1.66. The Kier molecular flexibility index (Phi) is 2.84. The molecule has 2 aromatic rings. The van der Waals surface area contributed by atoms with Gasteiger partial charge in [-0.1, -0.05) is 0 Å². The van der Waals surface area contributed by atoms with Crippen molar-refractivity contribution in [3.05, 3.63) is 40.4 Å². The zero-order valence-corrected chi connectivity index (χ0v) is 9.98. The highest BCUT2D eigenvalue weighted by molar-refractivity contribution is 9.10. The van der Waals surface area contributed by atoms with Crippen LogP contribution in [0.4, 0.5) is 10.1 Å². The molecule has 0 bridgehead atoms. The first-order valence-electron chi connectivity index (χ1n) is 4.52. The van der Waals surface area contributed by atoms with Gasteiger partial charge in [0.1, 0.15) is 5.82 Å². The van der Waals surface area contributed by atoms with Gasteiger partial charge in [0.05, 0.1) is 27.6 Å². The van der Waals surface area contributed by atoms with Gasteiger partial charge in [-0.2, -0.15) is 5.10 Å². The summed E-state index contributed by atoms with van der Waals surface area (Å²) >= 11 is 3.20. The first-order valence-corrected chi connectivity index (χ1v) is 5.31. The van der Waals surface area contributed by atoms with Crippen LogP contribution in [0, 0.1) is 5.82 Å². The molecule has 1 aromatic heterocycles. The van der Waals surface area contributed by atoms with Crippen LogP contribution >= 0.6 is 15.9 Å². The van der Waals surface area contributed by atoms with Crippen molar-refractivity contribution in [3.63, 3.8) is 0 Å². The van der Waals surface area contributed by atoms with Crippen LogP contribution < -0.4 is 5.73 Å². The lowest BCUT2D eigenvalue weighted by atomic mass is 10.1. The SMILES string of the molecule is Nc1cc(C(=O)O)c(F)cc1-n1cc(Br)cn1. The Labute approximate surface area is 104 Å². The van der Waals surface area contributed by atoms with E-state index in [0.29, 0.717) is 10.2 Å². The van der Waals surface area contributed by atoms with Crippen LogP contribution in [0.2, 0.25) is 0 Å². The predicted molar refractivity (Wildman–Crippen MR) is 62.6 cm³/mol. The van der Waals surface area contributed by atoms with Gasteiger partial charge in [0.15, 0.2) is 0 Å². The molecule has 5 nitrogen and oxygen atoms in total. The van der Waals surface area contributed by atoms with Gasteiger partial charge in [-0.15, -0.1) is 0 Å². The second kappa shape index (κ2) is 4.17. The number of nitrogens with zero attached hydrogens (tertiary/aromatic N) is 2. The molecule has 0 radical (unpaired) electrons. The summed E-state index contributed by atoms with van der Waals surface area (Å²) in [4.78, 5) is 10.7. The number of aromatic carboxylic acids is 1. The van der Waals surface area contributed by atoms with Crippen molar-refractivity contribution >= 4 is 27.6 Å². The van der Waals surface area contributed by atoms with Crippen LogP contribution in [0.15, 0.2) is 29.0 Å². The fraction of sp³-hybridized carbons (Fsp3) is 0. The molecule has 0 fully saturated rings. The third kappa shape index (κ3) is 2.14. The molecule has 0 amide bonds. The van der Waals surface area contributed by atoms with E-state index in [4.69, 9.17) is 10.8 Å². The summed E-state index contributed by atoms with van der Waals surface area (Å²) in [5, 5.41) is 12.7. The van der Waals surface area contributed by atoms with E-state index >= 15 is 0 Å². The maximum Gasteiger partial charge on any atom is 0.338 e. The van der Waals surface area contributed by atoms with Gasteiger partial charge in [-0.25, -0.2) is 13.9 Å². The van der Waals surface area contributed by atoms with Crippen molar-refractivity contribution in [2.45, 2.75) is 0 Å². The third-order valence-electron chi connectivity index (χ3n) is 2.14. The molecular formula is C10H7BrFN3O2. The standard InChI is InChI=1S/C10H7BrFN3O2/c11-5-3-14-15(4-5)9-2-7(12)6(10(16)17)1-8(9)13/h1-4H,13H2,(H,16,17). The number of hydrogen-bond donors (Lipinski definition) is 2. The normalized spacial score (nSPS) is 10.5. The van der Waals surface area contributed by atoms with Crippen LogP contribution in [-0.4, -0.2) is 20.9 Å². The Morgan fingerprint density at radius 3 is 2.76 bits per heavy atom. The largest absolute Gasteiger partial charge is 0.478 e. The summed E-state index contributed by atoms with van der Waals surface area (Å²) < 4.78 is 15.5. The summed E-state index contributed by atoms with van der Waals surface area (Å²) in [7, 11) is 0. The molecule has 2 rings (SSSR count). The topological polar surface area (TPSA) is 81.1 Å². The molecule has 0 unspecified atom stereocenters. The minimum absolute atomic E-state index is 0.138. The van der Waals surface area contributed by atoms with E-state index in [1.165, 1.54) is 10.9 Å². The number of carboxylic acid groups (broad SMARTS) is 1. The summed E-state index contributed by atoms with van der Waals surface area (Å²) in [6, 6.07) is 2.11. The number of rotatable bonds is 2. The Bertz CT molecular complexity index is 597. The van der Waals surface area contributed by atoms with E-state index in [9.17, 15) is 9.18 Å². The molecule has 0 atom stereocenters. The molecule has 0 aliphatic carbocycles. The Balaban J connectivity index is 2.57. The molecule has 88 valence electrons. The maximum absolute atomic E-state index is 13.5. The second-order valence-corrected chi connectivity index (χ2v) is 4.21. The second-order valence-electron chi connectivity index (χ2n) is 3.30. The van der Waals surface area contributed by atoms with Gasteiger partial charge in [0.25, 0.3) is 0 Å². The first-order chi connectivity index (χ1) is 7.99. The minimum atomic E-state index is -1.36. The number of carbonyl (C=O) groups is 1. The Morgan fingerprint density at radius 2 is 2.24 bits per heavy atom. The Hall–Kier alpha value is -1.89. The highest BCUT2D eigenvalue weighted by atomic mass is 79.9. The Morgan fingerprint density at radius 1 is 1.53 bits per heavy atom. The van der Waals surface area contributed by atoms with Crippen LogP contribution in [0.25, 0.3) is 5.69 Å². The number of anilines is 1. The highest BCUT2D eigenvalue weighted by Crippen LogP contribution is 2.22. The van der Waals surface area contributed by atoms with Gasteiger partial charge >= 0.3 is 5.97 Å².